The molecule has 0 aliphatic heterocycles. The van der Waals surface area contributed by atoms with Gasteiger partial charge in [-0.3, -0.25) is 0 Å². The van der Waals surface area contributed by atoms with Crippen molar-refractivity contribution in [2.24, 2.45) is 5.92 Å². The molecule has 14 heavy (non-hydrogen) atoms. The van der Waals surface area contributed by atoms with E-state index in [0.717, 1.165) is 32.2 Å². The van der Waals surface area contributed by atoms with Gasteiger partial charge < -0.3 is 15.0 Å². The fourth-order valence-corrected chi connectivity index (χ4v) is 1.82. The zero-order valence-electron chi connectivity index (χ0n) is 9.75. The molecule has 0 aromatic rings. The average Bonchev–Trinajstić information content (AvgIpc) is 2.97. The summed E-state index contributed by atoms with van der Waals surface area (Å²) >= 11 is 0. The smallest absolute Gasteiger partial charge is 0.0589 e. The minimum absolute atomic E-state index is 0.696. The van der Waals surface area contributed by atoms with Crippen molar-refractivity contribution in [3.05, 3.63) is 0 Å². The average molecular weight is 200 g/mol. The number of hydrogen-bond acceptors (Lipinski definition) is 3. The monoisotopic (exact) mass is 200 g/mol. The van der Waals surface area contributed by atoms with Crippen LogP contribution in [0.4, 0.5) is 0 Å². The van der Waals surface area contributed by atoms with Gasteiger partial charge in [0, 0.05) is 26.2 Å². The summed E-state index contributed by atoms with van der Waals surface area (Å²) in [5.41, 5.74) is 0. The van der Waals surface area contributed by atoms with Crippen molar-refractivity contribution in [1.82, 2.24) is 10.2 Å². The van der Waals surface area contributed by atoms with Gasteiger partial charge in [-0.25, -0.2) is 0 Å². The molecular formula is C11H24N2O. The van der Waals surface area contributed by atoms with Crippen LogP contribution in [0.15, 0.2) is 0 Å². The highest BCUT2D eigenvalue weighted by Gasteiger charge is 2.30. The molecule has 0 heterocycles. The molecule has 84 valence electrons. The number of hydrogen-bond donors (Lipinski definition) is 1. The first-order valence-corrected chi connectivity index (χ1v) is 5.68. The number of nitrogens with zero attached hydrogens (tertiary/aromatic N) is 1. The molecule has 1 unspecified atom stereocenters. The van der Waals surface area contributed by atoms with Gasteiger partial charge in [0.1, 0.15) is 0 Å². The molecule has 1 saturated carbocycles. The maximum Gasteiger partial charge on any atom is 0.0589 e. The third-order valence-corrected chi connectivity index (χ3v) is 2.84. The van der Waals surface area contributed by atoms with E-state index in [2.05, 4.69) is 24.2 Å². The fraction of sp³-hybridized carbons (Fsp3) is 1.00. The van der Waals surface area contributed by atoms with E-state index in [-0.39, 0.29) is 0 Å². The predicted molar refractivity (Wildman–Crippen MR) is 59.6 cm³/mol. The van der Waals surface area contributed by atoms with Gasteiger partial charge in [-0.05, 0) is 32.4 Å². The van der Waals surface area contributed by atoms with Crippen LogP contribution in [-0.4, -0.2) is 51.3 Å². The summed E-state index contributed by atoms with van der Waals surface area (Å²) in [6.07, 6.45) is 2.82. The van der Waals surface area contributed by atoms with Crippen LogP contribution in [0.2, 0.25) is 0 Å². The van der Waals surface area contributed by atoms with Crippen molar-refractivity contribution in [1.29, 1.82) is 0 Å². The Kier molecular flexibility index (Phi) is 5.45. The molecule has 1 fully saturated rings. The number of methoxy groups -OCH3 is 1. The third-order valence-electron chi connectivity index (χ3n) is 2.84. The summed E-state index contributed by atoms with van der Waals surface area (Å²) < 4.78 is 5.07. The molecule has 0 amide bonds. The number of rotatable bonds is 8. The highest BCUT2D eigenvalue weighted by atomic mass is 16.5. The molecule has 1 rings (SSSR count). The van der Waals surface area contributed by atoms with Crippen molar-refractivity contribution >= 4 is 0 Å². The molecule has 0 aromatic heterocycles. The summed E-state index contributed by atoms with van der Waals surface area (Å²) in [5, 5.41) is 3.57. The lowest BCUT2D eigenvalue weighted by atomic mass is 10.1. The number of ether oxygens (including phenoxy) is 1. The highest BCUT2D eigenvalue weighted by molar-refractivity contribution is 4.87. The molecule has 0 saturated heterocycles. The van der Waals surface area contributed by atoms with Crippen LogP contribution in [0, 0.1) is 5.92 Å². The normalized spacial score (nSPS) is 18.9. The molecule has 1 atom stereocenters. The lowest BCUT2D eigenvalue weighted by Crippen LogP contribution is -2.41. The molecule has 0 aromatic carbocycles. The lowest BCUT2D eigenvalue weighted by Gasteiger charge is -2.24. The van der Waals surface area contributed by atoms with E-state index in [1.165, 1.54) is 12.8 Å². The molecule has 0 bridgehead atoms. The Morgan fingerprint density at radius 3 is 2.71 bits per heavy atom. The number of nitrogens with one attached hydrogen (secondary N) is 1. The van der Waals surface area contributed by atoms with Gasteiger partial charge in [0.25, 0.3) is 0 Å². The summed E-state index contributed by atoms with van der Waals surface area (Å²) in [7, 11) is 3.93. The van der Waals surface area contributed by atoms with Gasteiger partial charge in [0.2, 0.25) is 0 Å². The fourth-order valence-electron chi connectivity index (χ4n) is 1.82. The SMILES string of the molecule is CCNC(CN(C)CCOC)C1CC1. The van der Waals surface area contributed by atoms with E-state index in [1.54, 1.807) is 7.11 Å². The van der Waals surface area contributed by atoms with Crippen LogP contribution < -0.4 is 5.32 Å². The zero-order chi connectivity index (χ0) is 10.4. The Morgan fingerprint density at radius 2 is 2.21 bits per heavy atom. The Balaban J connectivity index is 2.16. The van der Waals surface area contributed by atoms with Crippen molar-refractivity contribution in [3.8, 4) is 0 Å². The van der Waals surface area contributed by atoms with Gasteiger partial charge in [0.05, 0.1) is 6.61 Å². The van der Waals surface area contributed by atoms with Crippen LogP contribution in [0.1, 0.15) is 19.8 Å². The molecule has 0 spiro atoms. The van der Waals surface area contributed by atoms with Crippen LogP contribution in [0.25, 0.3) is 0 Å². The molecule has 1 N–H and O–H groups in total. The maximum atomic E-state index is 5.07. The zero-order valence-corrected chi connectivity index (χ0v) is 9.75. The summed E-state index contributed by atoms with van der Waals surface area (Å²) in [6.45, 7) is 6.29. The maximum absolute atomic E-state index is 5.07. The topological polar surface area (TPSA) is 24.5 Å². The van der Waals surface area contributed by atoms with Crippen molar-refractivity contribution in [2.45, 2.75) is 25.8 Å². The Morgan fingerprint density at radius 1 is 1.50 bits per heavy atom. The van der Waals surface area contributed by atoms with Crippen LogP contribution in [-0.2, 0) is 4.74 Å². The standard InChI is InChI=1S/C11H24N2O/c1-4-12-11(10-5-6-10)9-13(2)7-8-14-3/h10-12H,4-9H2,1-3H3. The summed E-state index contributed by atoms with van der Waals surface area (Å²) in [5.74, 6) is 0.931. The number of likely N-dealkylation sites (N-methyl/N-ethyl adjacent to an activating group) is 2. The van der Waals surface area contributed by atoms with Gasteiger partial charge >= 0.3 is 0 Å². The first-order chi connectivity index (χ1) is 6.77. The Labute approximate surface area is 87.8 Å². The predicted octanol–water partition coefficient (Wildman–Crippen LogP) is 0.953. The highest BCUT2D eigenvalue weighted by Crippen LogP contribution is 2.32. The summed E-state index contributed by atoms with van der Waals surface area (Å²) in [6, 6.07) is 0.696. The van der Waals surface area contributed by atoms with Crippen molar-refractivity contribution < 1.29 is 4.74 Å². The molecule has 3 nitrogen and oxygen atoms in total. The second kappa shape index (κ2) is 6.38. The van der Waals surface area contributed by atoms with E-state index >= 15 is 0 Å². The van der Waals surface area contributed by atoms with E-state index in [0.29, 0.717) is 6.04 Å². The van der Waals surface area contributed by atoms with E-state index in [1.807, 2.05) is 0 Å². The van der Waals surface area contributed by atoms with Gasteiger partial charge in [-0.2, -0.15) is 0 Å². The van der Waals surface area contributed by atoms with Crippen LogP contribution in [0.3, 0.4) is 0 Å². The molecule has 0 radical (unpaired) electrons. The van der Waals surface area contributed by atoms with Crippen molar-refractivity contribution in [2.75, 3.05) is 40.4 Å². The second-order valence-corrected chi connectivity index (χ2v) is 4.26. The minimum atomic E-state index is 0.696. The van der Waals surface area contributed by atoms with E-state index in [4.69, 9.17) is 4.74 Å². The largest absolute Gasteiger partial charge is 0.383 e. The molecular weight excluding hydrogens is 176 g/mol. The first kappa shape index (κ1) is 12.0. The minimum Gasteiger partial charge on any atom is -0.383 e. The Hall–Kier alpha value is -0.120. The van der Waals surface area contributed by atoms with Crippen molar-refractivity contribution in [3.63, 3.8) is 0 Å². The van der Waals surface area contributed by atoms with Gasteiger partial charge in [-0.15, -0.1) is 0 Å². The van der Waals surface area contributed by atoms with Gasteiger partial charge in [-0.1, -0.05) is 6.92 Å². The van der Waals surface area contributed by atoms with Crippen LogP contribution >= 0.6 is 0 Å². The van der Waals surface area contributed by atoms with E-state index in [9.17, 15) is 0 Å². The van der Waals surface area contributed by atoms with Gasteiger partial charge in [0.15, 0.2) is 0 Å². The molecule has 1 aliphatic rings. The lowest BCUT2D eigenvalue weighted by molar-refractivity contribution is 0.153. The van der Waals surface area contributed by atoms with Crippen LogP contribution in [0.5, 0.6) is 0 Å². The molecule has 3 heteroatoms. The summed E-state index contributed by atoms with van der Waals surface area (Å²) in [4.78, 5) is 2.36. The van der Waals surface area contributed by atoms with E-state index < -0.39 is 0 Å². The molecule has 1 aliphatic carbocycles. The third kappa shape index (κ3) is 4.40. The first-order valence-electron chi connectivity index (χ1n) is 5.68. The second-order valence-electron chi connectivity index (χ2n) is 4.26. The quantitative estimate of drug-likeness (QED) is 0.631. The Bertz CT molecular complexity index is 148.